The highest BCUT2D eigenvalue weighted by molar-refractivity contribution is 7.45. The lowest BCUT2D eigenvalue weighted by Gasteiger charge is -2.30. The van der Waals surface area contributed by atoms with Gasteiger partial charge in [-0.15, -0.1) is 0 Å². The van der Waals surface area contributed by atoms with E-state index in [-0.39, 0.29) is 31.3 Å². The summed E-state index contributed by atoms with van der Waals surface area (Å²) >= 11 is 0. The number of allylic oxidation sites excluding steroid dienone is 21. The molecule has 0 aliphatic heterocycles. The zero-order valence-electron chi connectivity index (χ0n) is 51.3. The predicted octanol–water partition coefficient (Wildman–Crippen LogP) is 19.0. The number of ether oxygens (including phenoxy) is 1. The zero-order valence-corrected chi connectivity index (χ0v) is 52.2. The molecule has 0 rings (SSSR count). The van der Waals surface area contributed by atoms with Crippen molar-refractivity contribution >= 4 is 19.7 Å². The molecule has 1 amide bonds. The van der Waals surface area contributed by atoms with Crippen molar-refractivity contribution < 1.29 is 37.3 Å². The Morgan fingerprint density at radius 3 is 1.24 bits per heavy atom. The minimum atomic E-state index is -4.72. The number of likely N-dealkylation sites (N-methyl/N-ethyl adjacent to an activating group) is 1. The lowest BCUT2D eigenvalue weighted by atomic mass is 10.1. The standard InChI is InChI=1S/C69H117N2O7P/c1-7-10-13-16-19-22-25-27-29-31-32-33-34-35-36-37-38-40-42-44-47-50-53-56-59-62-69(73)78-67(60-57-54-51-48-45-24-21-18-15-12-9-3)66(65-77-79(74,75)76-64-63-71(4,5)6)70-68(72)61-58-55-52-49-46-43-41-39-30-28-26-23-20-17-14-11-8-2/h10-11,13-14,19-20,22-23,27-30,32-33,35-36,41,43,49,52,57,60,66-67H,7-9,12,15-18,21,24-26,31,34,37-40,42,44-48,50-51,53-56,58-59,61-65H2,1-6H3,(H-,70,72,74,75)/b13-10-,14-11-,22-19-,23-20-,29-27-,30-28-,33-32-,36-35-,43-41-,52-49-,60-57-. The van der Waals surface area contributed by atoms with Gasteiger partial charge >= 0.3 is 5.97 Å². The Morgan fingerprint density at radius 2 is 0.823 bits per heavy atom. The van der Waals surface area contributed by atoms with Crippen molar-refractivity contribution in [3.8, 4) is 0 Å². The minimum absolute atomic E-state index is 0.0411. The number of amides is 1. The Balaban J connectivity index is 5.24. The SMILES string of the molecule is CC/C=C\C/C=C\C/C=C\C/C=C\C/C=C\CCCCCCCCCCCC(=O)OC(/C=C\CCCCCCCCCCC)C(COP(=O)([O-])OCC[N+](C)(C)C)NC(=O)CCC/C=C\C/C=C\C/C=C\C/C=C\C/C=C\CC. The number of carbonyl (C=O) groups is 2. The molecule has 79 heavy (non-hydrogen) atoms. The van der Waals surface area contributed by atoms with E-state index in [4.69, 9.17) is 13.8 Å². The van der Waals surface area contributed by atoms with Crippen molar-refractivity contribution in [1.29, 1.82) is 0 Å². The van der Waals surface area contributed by atoms with Crippen molar-refractivity contribution in [1.82, 2.24) is 5.32 Å². The van der Waals surface area contributed by atoms with Crippen molar-refractivity contribution in [3.05, 3.63) is 134 Å². The van der Waals surface area contributed by atoms with Gasteiger partial charge in [0, 0.05) is 12.8 Å². The second-order valence-corrected chi connectivity index (χ2v) is 23.2. The molecule has 0 fully saturated rings. The Kier molecular flexibility index (Phi) is 54.6. The topological polar surface area (TPSA) is 114 Å². The van der Waals surface area contributed by atoms with Crippen LogP contribution in [0.1, 0.15) is 239 Å². The van der Waals surface area contributed by atoms with Crippen LogP contribution in [-0.4, -0.2) is 69.4 Å². The number of rotatable bonds is 55. The number of hydrogen-bond donors (Lipinski definition) is 1. The third kappa shape index (κ3) is 58.6. The number of unbranched alkanes of at least 4 members (excludes halogenated alkanes) is 19. The number of phosphoric acid groups is 1. The molecule has 0 aromatic rings. The fourth-order valence-electron chi connectivity index (χ4n) is 8.29. The molecule has 3 unspecified atom stereocenters. The van der Waals surface area contributed by atoms with Gasteiger partial charge in [-0.05, 0) is 115 Å². The van der Waals surface area contributed by atoms with Gasteiger partial charge in [0.25, 0.3) is 7.82 Å². The quantitative estimate of drug-likeness (QED) is 0.0212. The number of phosphoric ester groups is 1. The molecule has 9 nitrogen and oxygen atoms in total. The third-order valence-electron chi connectivity index (χ3n) is 13.1. The Morgan fingerprint density at radius 1 is 0.456 bits per heavy atom. The molecule has 0 spiro atoms. The van der Waals surface area contributed by atoms with Gasteiger partial charge in [-0.25, -0.2) is 0 Å². The van der Waals surface area contributed by atoms with Crippen LogP contribution < -0.4 is 10.2 Å². The van der Waals surface area contributed by atoms with Gasteiger partial charge in [-0.3, -0.25) is 14.2 Å². The van der Waals surface area contributed by atoms with Gasteiger partial charge in [0.15, 0.2) is 0 Å². The number of nitrogens with zero attached hydrogens (tertiary/aromatic N) is 1. The second kappa shape index (κ2) is 57.4. The van der Waals surface area contributed by atoms with E-state index in [1.807, 2.05) is 33.3 Å². The lowest BCUT2D eigenvalue weighted by molar-refractivity contribution is -0.870. The largest absolute Gasteiger partial charge is 0.756 e. The number of nitrogens with one attached hydrogen (secondary N) is 1. The Hall–Kier alpha value is -3.85. The van der Waals surface area contributed by atoms with Gasteiger partial charge in [0.05, 0.1) is 33.8 Å². The zero-order chi connectivity index (χ0) is 57.9. The molecule has 0 saturated heterocycles. The first-order valence-corrected chi connectivity index (χ1v) is 33.0. The van der Waals surface area contributed by atoms with Crippen LogP contribution in [0, 0.1) is 0 Å². The maximum Gasteiger partial charge on any atom is 0.306 e. The van der Waals surface area contributed by atoms with Gasteiger partial charge < -0.3 is 28.5 Å². The van der Waals surface area contributed by atoms with Crippen molar-refractivity contribution in [2.45, 2.75) is 251 Å². The van der Waals surface area contributed by atoms with Gasteiger partial charge in [0.2, 0.25) is 5.91 Å². The number of hydrogen-bond acceptors (Lipinski definition) is 7. The van der Waals surface area contributed by atoms with E-state index in [1.165, 1.54) is 77.0 Å². The number of carbonyl (C=O) groups excluding carboxylic acids is 2. The van der Waals surface area contributed by atoms with Crippen LogP contribution in [0.4, 0.5) is 0 Å². The molecule has 10 heteroatoms. The van der Waals surface area contributed by atoms with E-state index >= 15 is 0 Å². The van der Waals surface area contributed by atoms with E-state index < -0.39 is 26.6 Å². The summed E-state index contributed by atoms with van der Waals surface area (Å²) in [6.07, 6.45) is 81.5. The molecule has 0 aliphatic rings. The summed E-state index contributed by atoms with van der Waals surface area (Å²) in [5, 5.41) is 2.99. The van der Waals surface area contributed by atoms with Crippen LogP contribution in [-0.2, 0) is 27.9 Å². The Bertz CT molecular complexity index is 1810. The summed E-state index contributed by atoms with van der Waals surface area (Å²) < 4.78 is 30.3. The molecule has 0 heterocycles. The monoisotopic (exact) mass is 1120 g/mol. The smallest absolute Gasteiger partial charge is 0.306 e. The molecule has 0 bridgehead atoms. The molecule has 3 atom stereocenters. The summed E-state index contributed by atoms with van der Waals surface area (Å²) in [6.45, 7) is 6.54. The molecule has 450 valence electrons. The highest BCUT2D eigenvalue weighted by atomic mass is 31.2. The fourth-order valence-corrected chi connectivity index (χ4v) is 9.01. The van der Waals surface area contributed by atoms with Crippen molar-refractivity contribution in [3.63, 3.8) is 0 Å². The van der Waals surface area contributed by atoms with E-state index in [9.17, 15) is 19.0 Å². The summed E-state index contributed by atoms with van der Waals surface area (Å²) in [4.78, 5) is 40.0. The molecular formula is C69H117N2O7P. The number of quaternary nitrogens is 1. The first kappa shape index (κ1) is 75.2. The molecular weight excluding hydrogens is 1000 g/mol. The maximum atomic E-state index is 13.5. The van der Waals surface area contributed by atoms with Gasteiger partial charge in [-0.1, -0.05) is 245 Å². The van der Waals surface area contributed by atoms with Gasteiger partial charge in [0.1, 0.15) is 19.3 Å². The van der Waals surface area contributed by atoms with Crippen LogP contribution in [0.15, 0.2) is 134 Å². The van der Waals surface area contributed by atoms with E-state index in [0.717, 1.165) is 116 Å². The highest BCUT2D eigenvalue weighted by Gasteiger charge is 2.27. The average Bonchev–Trinajstić information content (AvgIpc) is 3.41. The second-order valence-electron chi connectivity index (χ2n) is 21.8. The molecule has 1 N–H and O–H groups in total. The van der Waals surface area contributed by atoms with E-state index in [0.29, 0.717) is 23.9 Å². The predicted molar refractivity (Wildman–Crippen MR) is 339 cm³/mol. The molecule has 0 saturated carbocycles. The summed E-state index contributed by atoms with van der Waals surface area (Å²) in [7, 11) is 1.13. The Labute approximate surface area is 485 Å². The van der Waals surface area contributed by atoms with Crippen LogP contribution in [0.3, 0.4) is 0 Å². The molecule has 0 aliphatic carbocycles. The third-order valence-corrected chi connectivity index (χ3v) is 14.0. The van der Waals surface area contributed by atoms with Crippen LogP contribution in [0.2, 0.25) is 0 Å². The normalized spacial score (nSPS) is 14.6. The summed E-state index contributed by atoms with van der Waals surface area (Å²) in [5.74, 6) is -0.626. The molecule has 0 radical (unpaired) electrons. The first-order valence-electron chi connectivity index (χ1n) is 31.5. The van der Waals surface area contributed by atoms with Crippen LogP contribution in [0.5, 0.6) is 0 Å². The van der Waals surface area contributed by atoms with Crippen molar-refractivity contribution in [2.24, 2.45) is 0 Å². The maximum absolute atomic E-state index is 13.5. The van der Waals surface area contributed by atoms with Crippen LogP contribution in [0.25, 0.3) is 0 Å². The van der Waals surface area contributed by atoms with Crippen molar-refractivity contribution in [2.75, 3.05) is 40.9 Å². The lowest BCUT2D eigenvalue weighted by Crippen LogP contribution is -2.47. The average molecular weight is 1120 g/mol. The molecule has 0 aromatic heterocycles. The van der Waals surface area contributed by atoms with E-state index in [2.05, 4.69) is 148 Å². The highest BCUT2D eigenvalue weighted by Crippen LogP contribution is 2.38. The molecule has 0 aromatic carbocycles. The van der Waals surface area contributed by atoms with Gasteiger partial charge in [-0.2, -0.15) is 0 Å². The van der Waals surface area contributed by atoms with Crippen LogP contribution >= 0.6 is 7.82 Å². The number of esters is 1. The fraction of sp³-hybridized carbons (Fsp3) is 0.652. The summed E-state index contributed by atoms with van der Waals surface area (Å²) in [6, 6.07) is -0.930. The first-order chi connectivity index (χ1) is 38.4. The minimum Gasteiger partial charge on any atom is -0.756 e. The summed E-state index contributed by atoms with van der Waals surface area (Å²) in [5.41, 5.74) is 0. The van der Waals surface area contributed by atoms with E-state index in [1.54, 1.807) is 0 Å².